The molecule has 4 rings (SSSR count). The highest BCUT2D eigenvalue weighted by atomic mass is 32.2. The van der Waals surface area contributed by atoms with Crippen LogP contribution in [0.1, 0.15) is 11.1 Å². The highest BCUT2D eigenvalue weighted by Crippen LogP contribution is 2.25. The third kappa shape index (κ3) is 4.02. The first-order valence-electron chi connectivity index (χ1n) is 9.65. The second-order valence-corrected chi connectivity index (χ2v) is 9.19. The van der Waals surface area contributed by atoms with Crippen molar-refractivity contribution < 1.29 is 8.42 Å². The van der Waals surface area contributed by atoms with Crippen LogP contribution in [0.25, 0.3) is 11.3 Å². The fourth-order valence-corrected chi connectivity index (χ4v) is 5.30. The zero-order chi connectivity index (χ0) is 20.4. The Balaban J connectivity index is 1.50. The predicted molar refractivity (Wildman–Crippen MR) is 114 cm³/mol. The summed E-state index contributed by atoms with van der Waals surface area (Å²) in [6, 6.07) is 17.4. The molecule has 29 heavy (non-hydrogen) atoms. The Hall–Kier alpha value is -2.77. The Morgan fingerprint density at radius 2 is 1.59 bits per heavy atom. The van der Waals surface area contributed by atoms with Crippen LogP contribution in [0.15, 0.2) is 65.8 Å². The van der Waals surface area contributed by atoms with E-state index in [4.69, 9.17) is 0 Å². The SMILES string of the molecule is Cc1ccc(S(=O)(=O)N2CCN(c3cc(-c4ccccc4)ncn3)CC2)c(C)c1. The van der Waals surface area contributed by atoms with Crippen LogP contribution in [0, 0.1) is 13.8 Å². The van der Waals surface area contributed by atoms with Gasteiger partial charge in [0.2, 0.25) is 10.0 Å². The molecule has 2 aromatic carbocycles. The van der Waals surface area contributed by atoms with E-state index in [0.717, 1.165) is 28.2 Å². The molecule has 1 aromatic heterocycles. The van der Waals surface area contributed by atoms with Gasteiger partial charge in [-0.2, -0.15) is 4.31 Å². The summed E-state index contributed by atoms with van der Waals surface area (Å²) < 4.78 is 27.7. The van der Waals surface area contributed by atoms with Crippen molar-refractivity contribution in [3.8, 4) is 11.3 Å². The summed E-state index contributed by atoms with van der Waals surface area (Å²) in [7, 11) is -3.49. The van der Waals surface area contributed by atoms with Crippen molar-refractivity contribution in [1.29, 1.82) is 0 Å². The van der Waals surface area contributed by atoms with Gasteiger partial charge >= 0.3 is 0 Å². The summed E-state index contributed by atoms with van der Waals surface area (Å²) in [5.74, 6) is 0.822. The van der Waals surface area contributed by atoms with Crippen molar-refractivity contribution in [2.24, 2.45) is 0 Å². The maximum Gasteiger partial charge on any atom is 0.243 e. The van der Waals surface area contributed by atoms with Gasteiger partial charge in [0.25, 0.3) is 0 Å². The van der Waals surface area contributed by atoms with E-state index < -0.39 is 10.0 Å². The molecule has 0 saturated carbocycles. The van der Waals surface area contributed by atoms with Crippen molar-refractivity contribution in [2.75, 3.05) is 31.1 Å². The average Bonchev–Trinajstić information content (AvgIpc) is 2.74. The molecule has 1 aliphatic heterocycles. The van der Waals surface area contributed by atoms with E-state index in [-0.39, 0.29) is 0 Å². The lowest BCUT2D eigenvalue weighted by atomic mass is 10.1. The van der Waals surface area contributed by atoms with E-state index in [2.05, 4.69) is 14.9 Å². The number of hydrogen-bond donors (Lipinski definition) is 0. The molecule has 3 aromatic rings. The highest BCUT2D eigenvalue weighted by molar-refractivity contribution is 7.89. The van der Waals surface area contributed by atoms with Gasteiger partial charge in [-0.25, -0.2) is 18.4 Å². The van der Waals surface area contributed by atoms with Gasteiger partial charge in [-0.05, 0) is 25.5 Å². The van der Waals surface area contributed by atoms with Crippen LogP contribution < -0.4 is 4.90 Å². The van der Waals surface area contributed by atoms with E-state index in [0.29, 0.717) is 31.1 Å². The van der Waals surface area contributed by atoms with E-state index in [1.54, 1.807) is 16.7 Å². The molecule has 7 heteroatoms. The summed E-state index contributed by atoms with van der Waals surface area (Å²) in [6.07, 6.45) is 1.57. The number of benzene rings is 2. The zero-order valence-corrected chi connectivity index (χ0v) is 17.4. The van der Waals surface area contributed by atoms with E-state index in [1.807, 2.05) is 62.4 Å². The van der Waals surface area contributed by atoms with Gasteiger partial charge in [0, 0.05) is 37.8 Å². The highest BCUT2D eigenvalue weighted by Gasteiger charge is 2.30. The minimum Gasteiger partial charge on any atom is -0.354 e. The van der Waals surface area contributed by atoms with E-state index >= 15 is 0 Å². The normalized spacial score (nSPS) is 15.4. The number of rotatable bonds is 4. The Morgan fingerprint density at radius 3 is 2.28 bits per heavy atom. The Morgan fingerprint density at radius 1 is 0.862 bits per heavy atom. The minimum absolute atomic E-state index is 0.393. The molecule has 0 amide bonds. The second kappa shape index (κ2) is 7.93. The summed E-state index contributed by atoms with van der Waals surface area (Å²) in [4.78, 5) is 11.3. The number of anilines is 1. The number of hydrogen-bond acceptors (Lipinski definition) is 5. The van der Waals surface area contributed by atoms with Gasteiger partial charge < -0.3 is 4.90 Å². The summed E-state index contributed by atoms with van der Waals surface area (Å²) in [5.41, 5.74) is 3.74. The number of sulfonamides is 1. The fraction of sp³-hybridized carbons (Fsp3) is 0.273. The monoisotopic (exact) mass is 408 g/mol. The third-order valence-electron chi connectivity index (χ3n) is 5.23. The molecular weight excluding hydrogens is 384 g/mol. The maximum atomic E-state index is 13.1. The van der Waals surface area contributed by atoms with Gasteiger partial charge in [-0.15, -0.1) is 0 Å². The molecule has 0 radical (unpaired) electrons. The molecule has 1 saturated heterocycles. The first-order valence-corrected chi connectivity index (χ1v) is 11.1. The van der Waals surface area contributed by atoms with Crippen LogP contribution in [0.5, 0.6) is 0 Å². The third-order valence-corrected chi connectivity index (χ3v) is 7.29. The Labute approximate surface area is 171 Å². The number of piperazine rings is 1. The summed E-state index contributed by atoms with van der Waals surface area (Å²) >= 11 is 0. The Kier molecular flexibility index (Phi) is 5.34. The summed E-state index contributed by atoms with van der Waals surface area (Å²) in [5, 5.41) is 0. The van der Waals surface area contributed by atoms with Gasteiger partial charge in [0.05, 0.1) is 10.6 Å². The molecule has 0 bridgehead atoms. The van der Waals surface area contributed by atoms with Crippen LogP contribution in [0.3, 0.4) is 0 Å². The molecule has 1 fully saturated rings. The zero-order valence-electron chi connectivity index (χ0n) is 16.6. The van der Waals surface area contributed by atoms with Crippen molar-refractivity contribution >= 4 is 15.8 Å². The summed E-state index contributed by atoms with van der Waals surface area (Å²) in [6.45, 7) is 5.86. The molecule has 0 spiro atoms. The molecular formula is C22H24N4O2S. The van der Waals surface area contributed by atoms with Gasteiger partial charge in [-0.1, -0.05) is 48.0 Å². The molecule has 0 aliphatic carbocycles. The minimum atomic E-state index is -3.49. The molecule has 0 atom stereocenters. The molecule has 1 aliphatic rings. The second-order valence-electron chi connectivity index (χ2n) is 7.29. The van der Waals surface area contributed by atoms with Gasteiger partial charge in [-0.3, -0.25) is 0 Å². The standard InChI is InChI=1S/C22H24N4O2S/c1-17-8-9-21(18(2)14-17)29(27,28)26-12-10-25(11-13-26)22-15-20(23-16-24-22)19-6-4-3-5-7-19/h3-9,14-16H,10-13H2,1-2H3. The van der Waals surface area contributed by atoms with Crippen molar-refractivity contribution in [2.45, 2.75) is 18.7 Å². The van der Waals surface area contributed by atoms with Crippen molar-refractivity contribution in [3.63, 3.8) is 0 Å². The van der Waals surface area contributed by atoms with E-state index in [1.165, 1.54) is 0 Å². The lowest BCUT2D eigenvalue weighted by Crippen LogP contribution is -2.49. The van der Waals surface area contributed by atoms with Crippen LogP contribution in [-0.2, 0) is 10.0 Å². The Bertz CT molecular complexity index is 1110. The van der Waals surface area contributed by atoms with Gasteiger partial charge in [0.15, 0.2) is 0 Å². The average molecular weight is 409 g/mol. The number of aromatic nitrogens is 2. The number of nitrogens with zero attached hydrogens (tertiary/aromatic N) is 4. The van der Waals surface area contributed by atoms with E-state index in [9.17, 15) is 8.42 Å². The van der Waals surface area contributed by atoms with Crippen LogP contribution in [0.4, 0.5) is 5.82 Å². The van der Waals surface area contributed by atoms with Crippen LogP contribution >= 0.6 is 0 Å². The topological polar surface area (TPSA) is 66.4 Å². The quantitative estimate of drug-likeness (QED) is 0.663. The predicted octanol–water partition coefficient (Wildman–Crippen LogP) is 3.27. The lowest BCUT2D eigenvalue weighted by molar-refractivity contribution is 0.383. The largest absolute Gasteiger partial charge is 0.354 e. The molecule has 150 valence electrons. The molecule has 6 nitrogen and oxygen atoms in total. The first-order chi connectivity index (χ1) is 13.9. The molecule has 2 heterocycles. The smallest absolute Gasteiger partial charge is 0.243 e. The van der Waals surface area contributed by atoms with Crippen molar-refractivity contribution in [1.82, 2.24) is 14.3 Å². The lowest BCUT2D eigenvalue weighted by Gasteiger charge is -2.35. The van der Waals surface area contributed by atoms with Crippen molar-refractivity contribution in [3.05, 3.63) is 72.1 Å². The van der Waals surface area contributed by atoms with Gasteiger partial charge in [0.1, 0.15) is 12.1 Å². The fourth-order valence-electron chi connectivity index (χ4n) is 3.67. The maximum absolute atomic E-state index is 13.1. The van der Waals surface area contributed by atoms with Crippen LogP contribution in [-0.4, -0.2) is 48.9 Å². The number of aryl methyl sites for hydroxylation is 2. The molecule has 0 unspecified atom stereocenters. The molecule has 0 N–H and O–H groups in total. The van der Waals surface area contributed by atoms with Crippen LogP contribution in [0.2, 0.25) is 0 Å². The first kappa shape index (κ1) is 19.5.